The molecule has 160 valence electrons. The van der Waals surface area contributed by atoms with Gasteiger partial charge in [0.05, 0.1) is 13.2 Å². The Hall–Kier alpha value is -2.17. The van der Waals surface area contributed by atoms with E-state index in [2.05, 4.69) is 39.8 Å². The number of benzene rings is 2. The van der Waals surface area contributed by atoms with Crippen LogP contribution >= 0.6 is 11.3 Å². The first-order valence-electron chi connectivity index (χ1n) is 10.5. The number of hydrogen-bond donors (Lipinski definition) is 1. The summed E-state index contributed by atoms with van der Waals surface area (Å²) in [4.78, 5) is 1.20. The van der Waals surface area contributed by atoms with Crippen molar-refractivity contribution in [2.24, 2.45) is 0 Å². The summed E-state index contributed by atoms with van der Waals surface area (Å²) >= 11 is 1.67. The fraction of sp³-hybridized carbons (Fsp3) is 0.385. The third kappa shape index (κ3) is 4.60. The Labute approximate surface area is 183 Å². The fourth-order valence-corrected chi connectivity index (χ4v) is 4.94. The van der Waals surface area contributed by atoms with Gasteiger partial charge in [0.2, 0.25) is 0 Å². The van der Waals surface area contributed by atoms with Crippen LogP contribution in [0.15, 0.2) is 41.8 Å². The molecule has 2 aromatic carbocycles. The normalized spacial score (nSPS) is 12.6. The minimum atomic E-state index is -0.625. The summed E-state index contributed by atoms with van der Waals surface area (Å²) in [5, 5.41) is 12.8. The van der Waals surface area contributed by atoms with Crippen LogP contribution < -0.4 is 4.74 Å². The van der Waals surface area contributed by atoms with Crippen molar-refractivity contribution in [2.45, 2.75) is 59.0 Å². The largest absolute Gasteiger partial charge is 0.496 e. The SMILES string of the molecule is COc1csc(Cc2c(C(C)C)cc(C(C)C)c(C(C)O)c2-c2ccc(F)cc2)c1. The fourth-order valence-electron chi connectivity index (χ4n) is 4.10. The maximum atomic E-state index is 13.7. The van der Waals surface area contributed by atoms with E-state index in [1.54, 1.807) is 18.4 Å². The smallest absolute Gasteiger partial charge is 0.129 e. The van der Waals surface area contributed by atoms with Gasteiger partial charge in [-0.25, -0.2) is 4.39 Å². The lowest BCUT2D eigenvalue weighted by Gasteiger charge is -2.27. The lowest BCUT2D eigenvalue weighted by Crippen LogP contribution is -2.11. The predicted octanol–water partition coefficient (Wildman–Crippen LogP) is 7.45. The van der Waals surface area contributed by atoms with Gasteiger partial charge in [0.15, 0.2) is 0 Å². The molecule has 1 N–H and O–H groups in total. The van der Waals surface area contributed by atoms with E-state index in [1.807, 2.05) is 24.4 Å². The lowest BCUT2D eigenvalue weighted by molar-refractivity contribution is 0.198. The van der Waals surface area contributed by atoms with E-state index in [9.17, 15) is 9.50 Å². The topological polar surface area (TPSA) is 29.5 Å². The summed E-state index contributed by atoms with van der Waals surface area (Å²) < 4.78 is 19.1. The van der Waals surface area contributed by atoms with Gasteiger partial charge in [-0.15, -0.1) is 11.3 Å². The highest BCUT2D eigenvalue weighted by Crippen LogP contribution is 2.42. The van der Waals surface area contributed by atoms with Gasteiger partial charge in [-0.1, -0.05) is 45.9 Å². The number of aliphatic hydroxyl groups excluding tert-OH is 1. The molecule has 30 heavy (non-hydrogen) atoms. The molecule has 0 aliphatic rings. The highest BCUT2D eigenvalue weighted by atomic mass is 32.1. The number of hydrogen-bond acceptors (Lipinski definition) is 3. The number of aliphatic hydroxyl groups is 1. The monoisotopic (exact) mass is 426 g/mol. The molecule has 1 aromatic heterocycles. The first-order valence-corrected chi connectivity index (χ1v) is 11.4. The number of rotatable bonds is 7. The van der Waals surface area contributed by atoms with Crippen LogP contribution in [0.3, 0.4) is 0 Å². The Morgan fingerprint density at radius 3 is 2.10 bits per heavy atom. The Bertz CT molecular complexity index is 1000. The molecule has 0 spiro atoms. The van der Waals surface area contributed by atoms with Crippen molar-refractivity contribution >= 4 is 11.3 Å². The van der Waals surface area contributed by atoms with Crippen LogP contribution in [-0.4, -0.2) is 12.2 Å². The molecule has 0 saturated carbocycles. The molecular weight excluding hydrogens is 395 g/mol. The molecule has 0 bridgehead atoms. The average molecular weight is 427 g/mol. The van der Waals surface area contributed by atoms with Gasteiger partial charge in [0.1, 0.15) is 11.6 Å². The Balaban J connectivity index is 2.35. The van der Waals surface area contributed by atoms with E-state index in [1.165, 1.54) is 28.1 Å². The van der Waals surface area contributed by atoms with Gasteiger partial charge >= 0.3 is 0 Å². The van der Waals surface area contributed by atoms with Crippen LogP contribution in [0.4, 0.5) is 4.39 Å². The van der Waals surface area contributed by atoms with Gasteiger partial charge in [0.25, 0.3) is 0 Å². The summed E-state index contributed by atoms with van der Waals surface area (Å²) in [5.41, 5.74) is 6.54. The molecule has 0 aliphatic carbocycles. The lowest BCUT2D eigenvalue weighted by atomic mass is 9.79. The molecule has 2 nitrogen and oxygen atoms in total. The van der Waals surface area contributed by atoms with Gasteiger partial charge in [0, 0.05) is 16.7 Å². The summed E-state index contributed by atoms with van der Waals surface area (Å²) in [6, 6.07) is 11.0. The zero-order valence-electron chi connectivity index (χ0n) is 18.6. The van der Waals surface area contributed by atoms with Crippen LogP contribution in [0, 0.1) is 5.82 Å². The van der Waals surface area contributed by atoms with Gasteiger partial charge in [-0.05, 0) is 70.3 Å². The summed E-state index contributed by atoms with van der Waals surface area (Å²) in [5.74, 6) is 1.19. The van der Waals surface area contributed by atoms with Gasteiger partial charge in [-0.3, -0.25) is 0 Å². The quantitative estimate of drug-likeness (QED) is 0.425. The van der Waals surface area contributed by atoms with Crippen molar-refractivity contribution in [3.63, 3.8) is 0 Å². The Morgan fingerprint density at radius 1 is 0.967 bits per heavy atom. The van der Waals surface area contributed by atoms with E-state index in [0.717, 1.165) is 34.4 Å². The molecule has 1 atom stereocenters. The molecule has 3 aromatic rings. The molecule has 0 fully saturated rings. The molecule has 4 heteroatoms. The maximum absolute atomic E-state index is 13.7. The third-order valence-electron chi connectivity index (χ3n) is 5.55. The van der Waals surface area contributed by atoms with Crippen molar-refractivity contribution in [1.29, 1.82) is 0 Å². The summed E-state index contributed by atoms with van der Waals surface area (Å²) in [7, 11) is 1.68. The summed E-state index contributed by atoms with van der Waals surface area (Å²) in [6.45, 7) is 10.5. The number of ether oxygens (including phenoxy) is 1. The predicted molar refractivity (Wildman–Crippen MR) is 124 cm³/mol. The highest BCUT2D eigenvalue weighted by molar-refractivity contribution is 7.10. The van der Waals surface area contributed by atoms with E-state index >= 15 is 0 Å². The molecule has 0 radical (unpaired) electrons. The second-order valence-corrected chi connectivity index (χ2v) is 9.44. The van der Waals surface area contributed by atoms with Crippen molar-refractivity contribution in [2.75, 3.05) is 7.11 Å². The van der Waals surface area contributed by atoms with Crippen molar-refractivity contribution < 1.29 is 14.2 Å². The van der Waals surface area contributed by atoms with Gasteiger partial charge in [-0.2, -0.15) is 0 Å². The van der Waals surface area contributed by atoms with Crippen molar-refractivity contribution in [3.05, 3.63) is 74.7 Å². The molecule has 0 aliphatic heterocycles. The van der Waals surface area contributed by atoms with Crippen molar-refractivity contribution in [1.82, 2.24) is 0 Å². The van der Waals surface area contributed by atoms with Crippen LogP contribution in [-0.2, 0) is 6.42 Å². The zero-order valence-corrected chi connectivity index (χ0v) is 19.4. The van der Waals surface area contributed by atoms with Crippen LogP contribution in [0.1, 0.15) is 79.7 Å². The number of halogens is 1. The van der Waals surface area contributed by atoms with E-state index < -0.39 is 6.10 Å². The first-order chi connectivity index (χ1) is 14.2. The minimum absolute atomic E-state index is 0.258. The molecule has 3 rings (SSSR count). The maximum Gasteiger partial charge on any atom is 0.129 e. The standard InChI is InChI=1S/C26H31FO2S/c1-15(2)22-13-23(16(3)4)25(17(5)28)26(18-7-9-19(27)10-8-18)24(22)12-21-11-20(29-6)14-30-21/h7-11,13-17,28H,12H2,1-6H3. The molecule has 1 heterocycles. The third-order valence-corrected chi connectivity index (χ3v) is 6.47. The second kappa shape index (κ2) is 9.32. The molecule has 0 saturated heterocycles. The summed E-state index contributed by atoms with van der Waals surface area (Å²) in [6.07, 6.45) is 0.118. The average Bonchev–Trinajstić information content (AvgIpc) is 3.15. The van der Waals surface area contributed by atoms with E-state index in [4.69, 9.17) is 4.74 Å². The first kappa shape index (κ1) is 22.5. The minimum Gasteiger partial charge on any atom is -0.496 e. The zero-order chi connectivity index (χ0) is 22.0. The van der Waals surface area contributed by atoms with Gasteiger partial charge < -0.3 is 9.84 Å². The highest BCUT2D eigenvalue weighted by Gasteiger charge is 2.25. The second-order valence-electron chi connectivity index (χ2n) is 8.44. The van der Waals surface area contributed by atoms with E-state index in [0.29, 0.717) is 5.92 Å². The van der Waals surface area contributed by atoms with Crippen molar-refractivity contribution in [3.8, 4) is 16.9 Å². The molecular formula is C26H31FO2S. The van der Waals surface area contributed by atoms with Crippen LogP contribution in [0.2, 0.25) is 0 Å². The Kier molecular flexibility index (Phi) is 6.99. The molecule has 0 amide bonds. The number of methoxy groups -OCH3 is 1. The van der Waals surface area contributed by atoms with E-state index in [-0.39, 0.29) is 11.7 Å². The molecule has 1 unspecified atom stereocenters. The number of thiophene rings is 1. The Morgan fingerprint density at radius 2 is 1.60 bits per heavy atom. The van der Waals surface area contributed by atoms with Crippen LogP contribution in [0.25, 0.3) is 11.1 Å². The van der Waals surface area contributed by atoms with Crippen LogP contribution in [0.5, 0.6) is 5.75 Å².